The van der Waals surface area contributed by atoms with E-state index in [1.165, 1.54) is 11.0 Å². The van der Waals surface area contributed by atoms with Gasteiger partial charge in [0.05, 0.1) is 11.9 Å². The van der Waals surface area contributed by atoms with Gasteiger partial charge in [0, 0.05) is 24.7 Å². The van der Waals surface area contributed by atoms with Gasteiger partial charge in [-0.15, -0.1) is 5.10 Å². The monoisotopic (exact) mass is 320 g/mol. The number of hydrogen-bond acceptors (Lipinski definition) is 4. The van der Waals surface area contributed by atoms with Crippen molar-refractivity contribution in [1.29, 1.82) is 0 Å². The molecular formula is C15H17ClN4O2. The van der Waals surface area contributed by atoms with E-state index in [0.29, 0.717) is 35.4 Å². The van der Waals surface area contributed by atoms with E-state index in [9.17, 15) is 4.79 Å². The number of likely N-dealkylation sites (tertiary alicyclic amines) is 1. The molecule has 0 atom stereocenters. The molecule has 1 aromatic heterocycles. The van der Waals surface area contributed by atoms with Gasteiger partial charge in [0.1, 0.15) is 0 Å². The predicted octanol–water partition coefficient (Wildman–Crippen LogP) is 1.77. The molecule has 0 bridgehead atoms. The van der Waals surface area contributed by atoms with Crippen molar-refractivity contribution in [3.8, 4) is 5.69 Å². The largest absolute Gasteiger partial charge is 0.396 e. The molecule has 22 heavy (non-hydrogen) atoms. The van der Waals surface area contributed by atoms with Crippen LogP contribution >= 0.6 is 11.6 Å². The third-order valence-corrected chi connectivity index (χ3v) is 4.15. The highest BCUT2D eigenvalue weighted by Crippen LogP contribution is 2.18. The second-order valence-corrected chi connectivity index (χ2v) is 5.85. The summed E-state index contributed by atoms with van der Waals surface area (Å²) >= 11 is 5.95. The summed E-state index contributed by atoms with van der Waals surface area (Å²) in [6.07, 6.45) is 3.12. The quantitative estimate of drug-likeness (QED) is 0.935. The van der Waals surface area contributed by atoms with Crippen molar-refractivity contribution in [2.45, 2.75) is 12.8 Å². The molecule has 0 radical (unpaired) electrons. The molecular weight excluding hydrogens is 304 g/mol. The lowest BCUT2D eigenvalue weighted by molar-refractivity contribution is 0.0644. The Hall–Kier alpha value is -1.92. The Bertz CT molecular complexity index is 665. The minimum Gasteiger partial charge on any atom is -0.396 e. The van der Waals surface area contributed by atoms with E-state index in [1.807, 2.05) is 12.1 Å². The molecule has 0 aliphatic carbocycles. The molecule has 3 rings (SSSR count). The third-order valence-electron chi connectivity index (χ3n) is 3.91. The van der Waals surface area contributed by atoms with Crippen molar-refractivity contribution >= 4 is 17.5 Å². The molecule has 1 aliphatic heterocycles. The summed E-state index contributed by atoms with van der Waals surface area (Å²) in [6, 6.07) is 7.14. The van der Waals surface area contributed by atoms with Crippen LogP contribution in [0.4, 0.5) is 0 Å². The second kappa shape index (κ2) is 6.46. The van der Waals surface area contributed by atoms with Crippen molar-refractivity contribution < 1.29 is 9.90 Å². The maximum atomic E-state index is 12.4. The topological polar surface area (TPSA) is 71.2 Å². The third kappa shape index (κ3) is 3.13. The van der Waals surface area contributed by atoms with E-state index >= 15 is 0 Å². The van der Waals surface area contributed by atoms with Gasteiger partial charge in [-0.2, -0.15) is 9.90 Å². The van der Waals surface area contributed by atoms with Gasteiger partial charge in [0.2, 0.25) is 0 Å². The highest BCUT2D eigenvalue weighted by Gasteiger charge is 2.25. The number of rotatable bonds is 3. The number of benzene rings is 1. The van der Waals surface area contributed by atoms with Gasteiger partial charge in [-0.1, -0.05) is 17.7 Å². The van der Waals surface area contributed by atoms with Crippen molar-refractivity contribution in [2.75, 3.05) is 19.7 Å². The number of halogens is 1. The Kier molecular flexibility index (Phi) is 4.40. The van der Waals surface area contributed by atoms with Crippen LogP contribution in [-0.2, 0) is 0 Å². The van der Waals surface area contributed by atoms with Gasteiger partial charge >= 0.3 is 0 Å². The van der Waals surface area contributed by atoms with E-state index < -0.39 is 0 Å². The highest BCUT2D eigenvalue weighted by molar-refractivity contribution is 6.30. The highest BCUT2D eigenvalue weighted by atomic mass is 35.5. The van der Waals surface area contributed by atoms with Crippen LogP contribution in [0.5, 0.6) is 0 Å². The molecule has 116 valence electrons. The van der Waals surface area contributed by atoms with Crippen LogP contribution in [0, 0.1) is 5.92 Å². The predicted molar refractivity (Wildman–Crippen MR) is 82.1 cm³/mol. The summed E-state index contributed by atoms with van der Waals surface area (Å²) in [7, 11) is 0. The van der Waals surface area contributed by atoms with Gasteiger partial charge in [0.25, 0.3) is 5.91 Å². The van der Waals surface area contributed by atoms with Crippen molar-refractivity contribution in [3.63, 3.8) is 0 Å². The van der Waals surface area contributed by atoms with Crippen LogP contribution in [0.1, 0.15) is 23.3 Å². The van der Waals surface area contributed by atoms with E-state index in [1.54, 1.807) is 17.0 Å². The molecule has 0 unspecified atom stereocenters. The standard InChI is InChI=1S/C15H17ClN4O2/c16-12-2-1-3-13(8-12)20-17-9-14(18-20)15(22)19-6-4-11(10-21)5-7-19/h1-3,8-9,11,21H,4-7,10H2. The maximum Gasteiger partial charge on any atom is 0.276 e. The molecule has 1 fully saturated rings. The average molecular weight is 321 g/mol. The number of amides is 1. The first-order valence-corrected chi connectivity index (χ1v) is 7.63. The van der Waals surface area contributed by atoms with Crippen LogP contribution in [0.2, 0.25) is 5.02 Å². The summed E-state index contributed by atoms with van der Waals surface area (Å²) in [5.41, 5.74) is 1.04. The van der Waals surface area contributed by atoms with Crippen LogP contribution < -0.4 is 0 Å². The Balaban J connectivity index is 1.72. The fourth-order valence-corrected chi connectivity index (χ4v) is 2.75. The normalized spacial score (nSPS) is 16.0. The fraction of sp³-hybridized carbons (Fsp3) is 0.400. The zero-order valence-electron chi connectivity index (χ0n) is 12.0. The van der Waals surface area contributed by atoms with Crippen molar-refractivity contribution in [3.05, 3.63) is 41.2 Å². The Morgan fingerprint density at radius 3 is 2.82 bits per heavy atom. The van der Waals surface area contributed by atoms with Crippen LogP contribution in [0.25, 0.3) is 5.69 Å². The number of hydrogen-bond donors (Lipinski definition) is 1. The summed E-state index contributed by atoms with van der Waals surface area (Å²) in [5, 5.41) is 18.1. The van der Waals surface area contributed by atoms with Gasteiger partial charge in [-0.3, -0.25) is 4.79 Å². The SMILES string of the molecule is O=C(c1cnn(-c2cccc(Cl)c2)n1)N1CCC(CO)CC1. The summed E-state index contributed by atoms with van der Waals surface area (Å²) in [6.45, 7) is 1.48. The lowest BCUT2D eigenvalue weighted by atomic mass is 9.98. The zero-order chi connectivity index (χ0) is 15.5. The first-order chi connectivity index (χ1) is 10.7. The van der Waals surface area contributed by atoms with Crippen LogP contribution in [-0.4, -0.2) is 50.6 Å². The van der Waals surface area contributed by atoms with Crippen molar-refractivity contribution in [1.82, 2.24) is 19.9 Å². The molecule has 1 aliphatic rings. The number of carbonyl (C=O) groups excluding carboxylic acids is 1. The number of aliphatic hydroxyl groups excluding tert-OH is 1. The Morgan fingerprint density at radius 1 is 1.36 bits per heavy atom. The number of aliphatic hydroxyl groups is 1. The van der Waals surface area contributed by atoms with Gasteiger partial charge in [0.15, 0.2) is 5.69 Å². The number of carbonyl (C=O) groups is 1. The Morgan fingerprint density at radius 2 is 2.14 bits per heavy atom. The van der Waals surface area contributed by atoms with Gasteiger partial charge < -0.3 is 10.0 Å². The summed E-state index contributed by atoms with van der Waals surface area (Å²) in [4.78, 5) is 15.6. The minimum absolute atomic E-state index is 0.121. The summed E-state index contributed by atoms with van der Waals surface area (Å²) < 4.78 is 0. The lowest BCUT2D eigenvalue weighted by Gasteiger charge is -2.30. The molecule has 1 N–H and O–H groups in total. The maximum absolute atomic E-state index is 12.4. The lowest BCUT2D eigenvalue weighted by Crippen LogP contribution is -2.39. The minimum atomic E-state index is -0.121. The van der Waals surface area contributed by atoms with E-state index in [0.717, 1.165) is 12.8 Å². The molecule has 1 amide bonds. The van der Waals surface area contributed by atoms with Crippen LogP contribution in [0.3, 0.4) is 0 Å². The summed E-state index contributed by atoms with van der Waals surface area (Å²) in [5.74, 6) is 0.177. The van der Waals surface area contributed by atoms with Gasteiger partial charge in [-0.25, -0.2) is 0 Å². The van der Waals surface area contributed by atoms with E-state index in [-0.39, 0.29) is 12.5 Å². The van der Waals surface area contributed by atoms with Crippen molar-refractivity contribution in [2.24, 2.45) is 5.92 Å². The molecule has 6 nitrogen and oxygen atoms in total. The van der Waals surface area contributed by atoms with E-state index in [2.05, 4.69) is 10.2 Å². The van der Waals surface area contributed by atoms with E-state index in [4.69, 9.17) is 16.7 Å². The van der Waals surface area contributed by atoms with Crippen LogP contribution in [0.15, 0.2) is 30.5 Å². The first kappa shape index (κ1) is 15.0. The number of aromatic nitrogens is 3. The molecule has 0 saturated carbocycles. The molecule has 2 heterocycles. The smallest absolute Gasteiger partial charge is 0.276 e. The second-order valence-electron chi connectivity index (χ2n) is 5.42. The van der Waals surface area contributed by atoms with Gasteiger partial charge in [-0.05, 0) is 37.0 Å². The first-order valence-electron chi connectivity index (χ1n) is 7.26. The number of piperidine rings is 1. The average Bonchev–Trinajstić information content (AvgIpc) is 3.04. The molecule has 0 spiro atoms. The molecule has 2 aromatic rings. The zero-order valence-corrected chi connectivity index (χ0v) is 12.8. The molecule has 1 saturated heterocycles. The number of nitrogens with zero attached hydrogens (tertiary/aromatic N) is 4. The Labute approximate surface area is 133 Å². The molecule has 7 heteroatoms. The molecule has 1 aromatic carbocycles. The fourth-order valence-electron chi connectivity index (χ4n) is 2.57.